The first-order valence-corrected chi connectivity index (χ1v) is 7.82. The van der Waals surface area contributed by atoms with Crippen LogP contribution in [0.15, 0.2) is 53.1 Å². The molecule has 1 heterocycles. The molecule has 0 saturated heterocycles. The standard InChI is InChI=1S/C20H18N2O2/c1-20(2)10-16(23)18-14(9-8-13-6-4-3-5-7-13)15(12-21)19(22)24-17(18)11-20/h3-7,14H,10-11,22H2,1-2H3. The van der Waals surface area contributed by atoms with E-state index in [-0.39, 0.29) is 22.7 Å². The van der Waals surface area contributed by atoms with Gasteiger partial charge in [-0.3, -0.25) is 4.79 Å². The van der Waals surface area contributed by atoms with Gasteiger partial charge in [-0.15, -0.1) is 0 Å². The van der Waals surface area contributed by atoms with Crippen molar-refractivity contribution in [2.24, 2.45) is 17.1 Å². The Bertz CT molecular complexity index is 858. The van der Waals surface area contributed by atoms with E-state index in [0.29, 0.717) is 24.2 Å². The Kier molecular flexibility index (Phi) is 3.91. The zero-order valence-corrected chi connectivity index (χ0v) is 13.7. The minimum Gasteiger partial charge on any atom is -0.444 e. The van der Waals surface area contributed by atoms with Crippen LogP contribution >= 0.6 is 0 Å². The van der Waals surface area contributed by atoms with E-state index in [4.69, 9.17) is 10.5 Å². The molecule has 0 bridgehead atoms. The van der Waals surface area contributed by atoms with Crippen molar-refractivity contribution >= 4 is 5.78 Å². The first-order valence-electron chi connectivity index (χ1n) is 7.82. The molecule has 0 radical (unpaired) electrons. The van der Waals surface area contributed by atoms with Gasteiger partial charge in [0, 0.05) is 18.4 Å². The van der Waals surface area contributed by atoms with E-state index in [0.717, 1.165) is 5.56 Å². The highest BCUT2D eigenvalue weighted by atomic mass is 16.5. The van der Waals surface area contributed by atoms with Crippen molar-refractivity contribution in [3.63, 3.8) is 0 Å². The van der Waals surface area contributed by atoms with E-state index < -0.39 is 5.92 Å². The molecule has 0 spiro atoms. The zero-order chi connectivity index (χ0) is 17.3. The van der Waals surface area contributed by atoms with Crippen molar-refractivity contribution in [3.8, 4) is 17.9 Å². The number of benzene rings is 1. The molecule has 0 fully saturated rings. The Balaban J connectivity index is 2.08. The van der Waals surface area contributed by atoms with E-state index in [1.54, 1.807) is 0 Å². The number of allylic oxidation sites excluding steroid dienone is 3. The van der Waals surface area contributed by atoms with Gasteiger partial charge in [0.25, 0.3) is 0 Å². The minimum atomic E-state index is -0.623. The molecule has 1 aliphatic heterocycles. The number of hydrogen-bond acceptors (Lipinski definition) is 4. The summed E-state index contributed by atoms with van der Waals surface area (Å²) >= 11 is 0. The Morgan fingerprint density at radius 2 is 1.96 bits per heavy atom. The number of carbonyl (C=O) groups excluding carboxylic acids is 1. The van der Waals surface area contributed by atoms with Crippen LogP contribution in [0, 0.1) is 34.5 Å². The van der Waals surface area contributed by atoms with E-state index in [1.165, 1.54) is 0 Å². The molecule has 1 unspecified atom stereocenters. The molecule has 4 heteroatoms. The van der Waals surface area contributed by atoms with E-state index in [2.05, 4.69) is 17.9 Å². The largest absolute Gasteiger partial charge is 0.444 e. The third kappa shape index (κ3) is 2.92. The van der Waals surface area contributed by atoms with Crippen LogP contribution in [0.1, 0.15) is 32.3 Å². The SMILES string of the molecule is CC1(C)CC(=O)C2=C(C1)OC(N)=C(C#N)C2C#Cc1ccccc1. The minimum absolute atomic E-state index is 0.0196. The van der Waals surface area contributed by atoms with Gasteiger partial charge < -0.3 is 10.5 Å². The van der Waals surface area contributed by atoms with E-state index in [1.807, 2.05) is 44.2 Å². The van der Waals surface area contributed by atoms with Crippen LogP contribution in [-0.4, -0.2) is 5.78 Å². The number of ether oxygens (including phenoxy) is 1. The number of nitrogens with two attached hydrogens (primary N) is 1. The molecule has 4 nitrogen and oxygen atoms in total. The quantitative estimate of drug-likeness (QED) is 0.746. The van der Waals surface area contributed by atoms with Crippen LogP contribution in [0.4, 0.5) is 0 Å². The van der Waals surface area contributed by atoms with E-state index in [9.17, 15) is 10.1 Å². The maximum absolute atomic E-state index is 12.7. The first-order chi connectivity index (χ1) is 11.4. The number of ketones is 1. The average Bonchev–Trinajstić information content (AvgIpc) is 2.51. The van der Waals surface area contributed by atoms with Gasteiger partial charge >= 0.3 is 0 Å². The molecule has 1 aliphatic carbocycles. The molecule has 120 valence electrons. The molecule has 0 amide bonds. The van der Waals surface area contributed by atoms with Gasteiger partial charge in [0.05, 0.1) is 11.5 Å². The summed E-state index contributed by atoms with van der Waals surface area (Å²) in [5, 5.41) is 9.44. The lowest BCUT2D eigenvalue weighted by Gasteiger charge is -2.35. The van der Waals surface area contributed by atoms with Crippen molar-refractivity contribution in [2.45, 2.75) is 26.7 Å². The molecular weight excluding hydrogens is 300 g/mol. The van der Waals surface area contributed by atoms with Gasteiger partial charge in [-0.2, -0.15) is 5.26 Å². The number of rotatable bonds is 0. The molecule has 1 aromatic carbocycles. The van der Waals surface area contributed by atoms with Gasteiger partial charge in [-0.05, 0) is 17.5 Å². The Labute approximate surface area is 141 Å². The van der Waals surface area contributed by atoms with Gasteiger partial charge in [0.2, 0.25) is 5.88 Å². The van der Waals surface area contributed by atoms with Gasteiger partial charge in [-0.25, -0.2) is 0 Å². The molecule has 1 aromatic rings. The molecule has 2 aliphatic rings. The molecular formula is C20H18N2O2. The number of carbonyl (C=O) groups is 1. The maximum atomic E-state index is 12.7. The summed E-state index contributed by atoms with van der Waals surface area (Å²) in [6, 6.07) is 11.5. The van der Waals surface area contributed by atoms with Crippen LogP contribution in [0.2, 0.25) is 0 Å². The predicted octanol–water partition coefficient (Wildman–Crippen LogP) is 3.02. The molecule has 0 aromatic heterocycles. The van der Waals surface area contributed by atoms with Crippen molar-refractivity contribution in [1.29, 1.82) is 5.26 Å². The second kappa shape index (κ2) is 5.91. The first kappa shape index (κ1) is 15.9. The normalized spacial score (nSPS) is 22.0. The third-order valence-corrected chi connectivity index (χ3v) is 4.21. The maximum Gasteiger partial charge on any atom is 0.205 e. The number of Topliss-reactive ketones (excluding diaryl/α,β-unsaturated/α-hetero) is 1. The fourth-order valence-electron chi connectivity index (χ4n) is 3.11. The second-order valence-electron chi connectivity index (χ2n) is 6.84. The summed E-state index contributed by atoms with van der Waals surface area (Å²) in [5.41, 5.74) is 7.26. The van der Waals surface area contributed by atoms with Crippen molar-refractivity contribution in [2.75, 3.05) is 0 Å². The number of nitriles is 1. The van der Waals surface area contributed by atoms with Crippen molar-refractivity contribution < 1.29 is 9.53 Å². The summed E-state index contributed by atoms with van der Waals surface area (Å²) in [4.78, 5) is 12.7. The molecule has 24 heavy (non-hydrogen) atoms. The third-order valence-electron chi connectivity index (χ3n) is 4.21. The highest BCUT2D eigenvalue weighted by Crippen LogP contribution is 2.44. The Morgan fingerprint density at radius 1 is 1.25 bits per heavy atom. The van der Waals surface area contributed by atoms with Crippen molar-refractivity contribution in [1.82, 2.24) is 0 Å². The smallest absolute Gasteiger partial charge is 0.205 e. The van der Waals surface area contributed by atoms with E-state index >= 15 is 0 Å². The second-order valence-corrected chi connectivity index (χ2v) is 6.84. The van der Waals surface area contributed by atoms with Crippen LogP contribution in [0.3, 0.4) is 0 Å². The summed E-state index contributed by atoms with van der Waals surface area (Å²) < 4.78 is 5.61. The molecule has 0 saturated carbocycles. The lowest BCUT2D eigenvalue weighted by molar-refractivity contribution is -0.119. The molecule has 3 rings (SSSR count). The zero-order valence-electron chi connectivity index (χ0n) is 13.7. The predicted molar refractivity (Wildman–Crippen MR) is 89.8 cm³/mol. The lowest BCUT2D eigenvalue weighted by atomic mass is 9.72. The lowest BCUT2D eigenvalue weighted by Crippen LogP contribution is -2.33. The summed E-state index contributed by atoms with van der Waals surface area (Å²) in [6.07, 6.45) is 1.02. The summed E-state index contributed by atoms with van der Waals surface area (Å²) in [7, 11) is 0. The molecule has 2 N–H and O–H groups in total. The van der Waals surface area contributed by atoms with Crippen LogP contribution in [0.25, 0.3) is 0 Å². The highest BCUT2D eigenvalue weighted by Gasteiger charge is 2.41. The van der Waals surface area contributed by atoms with Crippen molar-refractivity contribution in [3.05, 3.63) is 58.7 Å². The van der Waals surface area contributed by atoms with Gasteiger partial charge in [0.1, 0.15) is 17.4 Å². The fraction of sp³-hybridized carbons (Fsp3) is 0.300. The van der Waals surface area contributed by atoms with Gasteiger partial charge in [0.15, 0.2) is 5.78 Å². The van der Waals surface area contributed by atoms with Crippen LogP contribution in [-0.2, 0) is 9.53 Å². The summed E-state index contributed by atoms with van der Waals surface area (Å²) in [5.74, 6) is 6.06. The monoisotopic (exact) mass is 318 g/mol. The average molecular weight is 318 g/mol. The Hall–Kier alpha value is -2.98. The molecule has 1 atom stereocenters. The summed E-state index contributed by atoms with van der Waals surface area (Å²) in [6.45, 7) is 4.03. The number of hydrogen-bond donors (Lipinski definition) is 1. The van der Waals surface area contributed by atoms with Crippen LogP contribution < -0.4 is 5.73 Å². The van der Waals surface area contributed by atoms with Crippen LogP contribution in [0.5, 0.6) is 0 Å². The Morgan fingerprint density at radius 3 is 2.62 bits per heavy atom. The highest BCUT2D eigenvalue weighted by molar-refractivity contribution is 5.99. The fourth-order valence-corrected chi connectivity index (χ4v) is 3.11. The topological polar surface area (TPSA) is 76.1 Å². The van der Waals surface area contributed by atoms with Gasteiger partial charge in [-0.1, -0.05) is 43.9 Å². The number of nitrogens with zero attached hydrogens (tertiary/aromatic N) is 1.